The van der Waals surface area contributed by atoms with E-state index in [4.69, 9.17) is 0 Å². The predicted molar refractivity (Wildman–Crippen MR) is 109 cm³/mol. The van der Waals surface area contributed by atoms with Crippen molar-refractivity contribution in [3.63, 3.8) is 0 Å². The summed E-state index contributed by atoms with van der Waals surface area (Å²) in [6, 6.07) is 6.86. The second kappa shape index (κ2) is 8.14. The van der Waals surface area contributed by atoms with E-state index < -0.39 is 17.5 Å². The van der Waals surface area contributed by atoms with Crippen LogP contribution in [0.4, 0.5) is 4.79 Å². The third-order valence-electron chi connectivity index (χ3n) is 6.57. The van der Waals surface area contributed by atoms with E-state index in [1.165, 1.54) is 19.3 Å². The van der Waals surface area contributed by atoms with Gasteiger partial charge in [-0.2, -0.15) is 5.01 Å². The fraction of sp³-hybridized carbons (Fsp3) is 0.591. The number of imide groups is 1. The van der Waals surface area contributed by atoms with Crippen LogP contribution in [0, 0.1) is 5.92 Å². The molecule has 0 bridgehead atoms. The summed E-state index contributed by atoms with van der Waals surface area (Å²) < 4.78 is 0. The van der Waals surface area contributed by atoms with Crippen molar-refractivity contribution in [3.8, 4) is 0 Å². The van der Waals surface area contributed by atoms with E-state index in [-0.39, 0.29) is 5.91 Å². The average molecular weight is 399 g/mol. The molecule has 3 aliphatic rings. The van der Waals surface area contributed by atoms with Gasteiger partial charge in [-0.15, -0.1) is 0 Å². The standard InChI is InChI=1S/C22H30N4O3/c1-16-9-11-22(12-10-16)20(28)26(21(29)23-22)24-19(27)18-7-5-17(6-8-18)15-25-13-3-2-4-14-25/h5-8,16H,2-4,9-15H2,1H3,(H,23,29)(H,24,27). The zero-order valence-corrected chi connectivity index (χ0v) is 17.1. The molecule has 2 heterocycles. The highest BCUT2D eigenvalue weighted by Gasteiger charge is 2.52. The summed E-state index contributed by atoms with van der Waals surface area (Å²) in [6.07, 6.45) is 6.82. The third-order valence-corrected chi connectivity index (χ3v) is 6.57. The Morgan fingerprint density at radius 2 is 1.76 bits per heavy atom. The Hall–Kier alpha value is -2.41. The summed E-state index contributed by atoms with van der Waals surface area (Å²) in [5.41, 5.74) is 3.25. The van der Waals surface area contributed by atoms with E-state index in [0.29, 0.717) is 24.3 Å². The normalized spacial score (nSPS) is 27.9. The first-order chi connectivity index (χ1) is 14.0. The van der Waals surface area contributed by atoms with Crippen LogP contribution in [0.15, 0.2) is 24.3 Å². The predicted octanol–water partition coefficient (Wildman–Crippen LogP) is 2.82. The van der Waals surface area contributed by atoms with Crippen LogP contribution in [0.25, 0.3) is 0 Å². The lowest BCUT2D eigenvalue weighted by Crippen LogP contribution is -2.51. The van der Waals surface area contributed by atoms with Crippen molar-refractivity contribution in [2.45, 2.75) is 64.0 Å². The molecule has 2 aliphatic heterocycles. The number of rotatable bonds is 4. The van der Waals surface area contributed by atoms with Crippen molar-refractivity contribution in [2.24, 2.45) is 5.92 Å². The molecule has 0 radical (unpaired) electrons. The number of benzene rings is 1. The number of urea groups is 1. The lowest BCUT2D eigenvalue weighted by molar-refractivity contribution is -0.134. The second-order valence-electron chi connectivity index (χ2n) is 8.81. The Kier molecular flexibility index (Phi) is 5.58. The monoisotopic (exact) mass is 398 g/mol. The molecule has 1 aliphatic carbocycles. The van der Waals surface area contributed by atoms with Crippen LogP contribution in [-0.4, -0.2) is 46.4 Å². The van der Waals surface area contributed by atoms with Crippen molar-refractivity contribution >= 4 is 17.8 Å². The zero-order chi connectivity index (χ0) is 20.4. The first kappa shape index (κ1) is 19.9. The quantitative estimate of drug-likeness (QED) is 0.764. The largest absolute Gasteiger partial charge is 0.344 e. The molecule has 1 saturated carbocycles. The molecule has 2 N–H and O–H groups in total. The van der Waals surface area contributed by atoms with E-state index in [1.807, 2.05) is 12.1 Å². The summed E-state index contributed by atoms with van der Waals surface area (Å²) in [5, 5.41) is 3.68. The number of nitrogens with one attached hydrogen (secondary N) is 2. The van der Waals surface area contributed by atoms with Gasteiger partial charge in [-0.3, -0.25) is 19.9 Å². The van der Waals surface area contributed by atoms with Gasteiger partial charge in [-0.05, 0) is 75.2 Å². The van der Waals surface area contributed by atoms with Crippen molar-refractivity contribution in [2.75, 3.05) is 13.1 Å². The summed E-state index contributed by atoms with van der Waals surface area (Å²) in [6.45, 7) is 5.28. The van der Waals surface area contributed by atoms with Crippen LogP contribution in [0.2, 0.25) is 0 Å². The van der Waals surface area contributed by atoms with Crippen LogP contribution >= 0.6 is 0 Å². The second-order valence-corrected chi connectivity index (χ2v) is 8.81. The maximum absolute atomic E-state index is 12.9. The summed E-state index contributed by atoms with van der Waals surface area (Å²) in [7, 11) is 0. The van der Waals surface area contributed by atoms with Gasteiger partial charge < -0.3 is 5.32 Å². The van der Waals surface area contributed by atoms with E-state index in [1.54, 1.807) is 12.1 Å². The van der Waals surface area contributed by atoms with E-state index in [0.717, 1.165) is 43.0 Å². The molecule has 0 atom stereocenters. The number of piperidine rings is 1. The number of hydrazine groups is 1. The summed E-state index contributed by atoms with van der Waals surface area (Å²) >= 11 is 0. The molecule has 1 spiro atoms. The van der Waals surface area contributed by atoms with Crippen LogP contribution in [0.1, 0.15) is 67.8 Å². The molecule has 7 nitrogen and oxygen atoms in total. The van der Waals surface area contributed by atoms with Gasteiger partial charge in [0.2, 0.25) is 0 Å². The van der Waals surface area contributed by atoms with E-state index >= 15 is 0 Å². The lowest BCUT2D eigenvalue weighted by atomic mass is 9.77. The smallest absolute Gasteiger partial charge is 0.322 e. The van der Waals surface area contributed by atoms with Gasteiger partial charge in [0, 0.05) is 12.1 Å². The molecule has 2 saturated heterocycles. The molecule has 1 aromatic carbocycles. The molecule has 3 fully saturated rings. The summed E-state index contributed by atoms with van der Waals surface area (Å²) in [4.78, 5) is 40.3. The van der Waals surface area contributed by atoms with E-state index in [9.17, 15) is 14.4 Å². The number of likely N-dealkylation sites (tertiary alicyclic amines) is 1. The maximum atomic E-state index is 12.9. The molecule has 4 amide bonds. The molecule has 0 unspecified atom stereocenters. The topological polar surface area (TPSA) is 81.8 Å². The SMILES string of the molecule is CC1CCC2(CC1)NC(=O)N(NC(=O)c1ccc(CN3CCCCC3)cc1)C2=O. The van der Waals surface area contributed by atoms with Gasteiger partial charge in [-0.1, -0.05) is 25.5 Å². The fourth-order valence-corrected chi connectivity index (χ4v) is 4.62. The highest BCUT2D eigenvalue weighted by Crippen LogP contribution is 2.35. The van der Waals surface area contributed by atoms with Gasteiger partial charge in [0.15, 0.2) is 0 Å². The molecular formula is C22H30N4O3. The fourth-order valence-electron chi connectivity index (χ4n) is 4.62. The minimum Gasteiger partial charge on any atom is -0.322 e. The molecule has 1 aromatic rings. The molecular weight excluding hydrogens is 368 g/mol. The third kappa shape index (κ3) is 4.15. The van der Waals surface area contributed by atoms with Gasteiger partial charge in [0.25, 0.3) is 11.8 Å². The summed E-state index contributed by atoms with van der Waals surface area (Å²) in [5.74, 6) is -0.235. The molecule has 7 heteroatoms. The highest BCUT2D eigenvalue weighted by molar-refractivity contribution is 6.09. The van der Waals surface area contributed by atoms with Gasteiger partial charge in [0.05, 0.1) is 0 Å². The average Bonchev–Trinajstić information content (AvgIpc) is 2.96. The van der Waals surface area contributed by atoms with E-state index in [2.05, 4.69) is 22.6 Å². The zero-order valence-electron chi connectivity index (χ0n) is 17.1. The van der Waals surface area contributed by atoms with Crippen LogP contribution < -0.4 is 10.7 Å². The Bertz CT molecular complexity index is 778. The van der Waals surface area contributed by atoms with Crippen LogP contribution in [-0.2, 0) is 11.3 Å². The lowest BCUT2D eigenvalue weighted by Gasteiger charge is -2.33. The van der Waals surface area contributed by atoms with Gasteiger partial charge in [0.1, 0.15) is 5.54 Å². The number of hydrogen-bond acceptors (Lipinski definition) is 4. The van der Waals surface area contributed by atoms with Crippen molar-refractivity contribution < 1.29 is 14.4 Å². The Morgan fingerprint density at radius 3 is 2.41 bits per heavy atom. The van der Waals surface area contributed by atoms with Crippen molar-refractivity contribution in [1.29, 1.82) is 0 Å². The first-order valence-electron chi connectivity index (χ1n) is 10.8. The van der Waals surface area contributed by atoms with Gasteiger partial charge in [-0.25, -0.2) is 4.79 Å². The maximum Gasteiger partial charge on any atom is 0.344 e. The number of carbonyl (C=O) groups is 3. The van der Waals surface area contributed by atoms with Crippen molar-refractivity contribution in [1.82, 2.24) is 20.7 Å². The number of carbonyl (C=O) groups excluding carboxylic acids is 3. The minimum atomic E-state index is -0.852. The highest BCUT2D eigenvalue weighted by atomic mass is 16.2. The molecule has 4 rings (SSSR count). The molecule has 29 heavy (non-hydrogen) atoms. The molecule has 0 aromatic heterocycles. The number of amides is 4. The minimum absolute atomic E-state index is 0.343. The Balaban J connectivity index is 1.37. The molecule has 156 valence electrons. The van der Waals surface area contributed by atoms with Crippen LogP contribution in [0.3, 0.4) is 0 Å². The van der Waals surface area contributed by atoms with Crippen molar-refractivity contribution in [3.05, 3.63) is 35.4 Å². The first-order valence-corrected chi connectivity index (χ1v) is 10.8. The van der Waals surface area contributed by atoms with Crippen LogP contribution in [0.5, 0.6) is 0 Å². The number of hydrogen-bond donors (Lipinski definition) is 2. The Labute approximate surface area is 171 Å². The van der Waals surface area contributed by atoms with Gasteiger partial charge >= 0.3 is 6.03 Å². The number of nitrogens with zero attached hydrogens (tertiary/aromatic N) is 2. The Morgan fingerprint density at radius 1 is 1.10 bits per heavy atom.